The number of rotatable bonds is 7. The Morgan fingerprint density at radius 3 is 2.22 bits per heavy atom. The number of Topliss-reactive ketones (excluding diaryl/α,β-unsaturated/α-hetero) is 1. The lowest BCUT2D eigenvalue weighted by Crippen LogP contribution is -2.07. The van der Waals surface area contributed by atoms with Gasteiger partial charge in [-0.25, -0.2) is 0 Å². The Bertz CT molecular complexity index is 393. The summed E-state index contributed by atoms with van der Waals surface area (Å²) in [6.07, 6.45) is 3.00. The summed E-state index contributed by atoms with van der Waals surface area (Å²) in [5.74, 6) is -0.259. The molecule has 0 N–H and O–H groups in total. The highest BCUT2D eigenvalue weighted by Crippen LogP contribution is 2.09. The summed E-state index contributed by atoms with van der Waals surface area (Å²) in [7, 11) is 1.33. The summed E-state index contributed by atoms with van der Waals surface area (Å²) in [6, 6.07) is 8.10. The average molecular weight is 248 g/mol. The molecule has 0 saturated heterocycles. The average Bonchev–Trinajstić information content (AvgIpc) is 2.38. The van der Waals surface area contributed by atoms with Crippen molar-refractivity contribution in [3.63, 3.8) is 0 Å². The van der Waals surface area contributed by atoms with E-state index in [0.29, 0.717) is 6.42 Å². The van der Waals surface area contributed by atoms with E-state index in [1.807, 2.05) is 12.1 Å². The third-order valence-electron chi connectivity index (χ3n) is 2.80. The fourth-order valence-corrected chi connectivity index (χ4v) is 1.77. The third-order valence-corrected chi connectivity index (χ3v) is 2.80. The lowest BCUT2D eigenvalue weighted by atomic mass is 10.0. The van der Waals surface area contributed by atoms with Crippen LogP contribution in [0.5, 0.6) is 0 Å². The van der Waals surface area contributed by atoms with Gasteiger partial charge in [-0.3, -0.25) is 9.59 Å². The van der Waals surface area contributed by atoms with Crippen molar-refractivity contribution in [2.45, 2.75) is 39.0 Å². The molecule has 0 bridgehead atoms. The van der Waals surface area contributed by atoms with E-state index < -0.39 is 0 Å². The molecule has 18 heavy (non-hydrogen) atoms. The number of benzene rings is 1. The first-order valence-electron chi connectivity index (χ1n) is 6.32. The maximum atomic E-state index is 11.6. The van der Waals surface area contributed by atoms with Crippen LogP contribution in [0.3, 0.4) is 0 Å². The number of ether oxygens (including phenoxy) is 1. The normalized spacial score (nSPS) is 10.1. The molecule has 0 amide bonds. The first kappa shape index (κ1) is 14.4. The maximum absolute atomic E-state index is 11.6. The number of aryl methyl sites for hydroxylation is 1. The molecule has 98 valence electrons. The SMILES string of the molecule is CCCc1ccc(CC(=O)CCC(=O)OC)cc1. The first-order valence-corrected chi connectivity index (χ1v) is 6.32. The zero-order valence-electron chi connectivity index (χ0n) is 11.1. The lowest BCUT2D eigenvalue weighted by Gasteiger charge is -2.03. The molecule has 1 aromatic carbocycles. The molecule has 0 heterocycles. The smallest absolute Gasteiger partial charge is 0.305 e. The van der Waals surface area contributed by atoms with Crippen LogP contribution in [0.15, 0.2) is 24.3 Å². The first-order chi connectivity index (χ1) is 8.65. The largest absolute Gasteiger partial charge is 0.469 e. The number of hydrogen-bond acceptors (Lipinski definition) is 3. The fraction of sp³-hybridized carbons (Fsp3) is 0.467. The van der Waals surface area contributed by atoms with Crippen molar-refractivity contribution >= 4 is 11.8 Å². The van der Waals surface area contributed by atoms with Gasteiger partial charge in [-0.1, -0.05) is 37.6 Å². The number of ketones is 1. The van der Waals surface area contributed by atoms with Crippen LogP contribution in [0.25, 0.3) is 0 Å². The van der Waals surface area contributed by atoms with E-state index in [9.17, 15) is 9.59 Å². The molecule has 0 atom stereocenters. The Hall–Kier alpha value is -1.64. The summed E-state index contributed by atoms with van der Waals surface area (Å²) in [5, 5.41) is 0. The minimum absolute atomic E-state index is 0.0728. The Morgan fingerprint density at radius 1 is 1.06 bits per heavy atom. The monoisotopic (exact) mass is 248 g/mol. The molecule has 1 aromatic rings. The highest BCUT2D eigenvalue weighted by Gasteiger charge is 2.07. The van der Waals surface area contributed by atoms with Gasteiger partial charge in [0.05, 0.1) is 13.5 Å². The zero-order chi connectivity index (χ0) is 13.4. The summed E-state index contributed by atoms with van der Waals surface area (Å²) in [6.45, 7) is 2.14. The number of esters is 1. The topological polar surface area (TPSA) is 43.4 Å². The molecule has 0 fully saturated rings. The van der Waals surface area contributed by atoms with E-state index in [0.717, 1.165) is 18.4 Å². The standard InChI is InChI=1S/C15H20O3/c1-3-4-12-5-7-13(8-6-12)11-14(16)9-10-15(17)18-2/h5-8H,3-4,9-11H2,1-2H3. The van der Waals surface area contributed by atoms with E-state index >= 15 is 0 Å². The van der Waals surface area contributed by atoms with Crippen LogP contribution >= 0.6 is 0 Å². The van der Waals surface area contributed by atoms with Crippen molar-refractivity contribution < 1.29 is 14.3 Å². The maximum Gasteiger partial charge on any atom is 0.305 e. The number of carbonyl (C=O) groups is 2. The van der Waals surface area contributed by atoms with Crippen molar-refractivity contribution in [2.24, 2.45) is 0 Å². The van der Waals surface area contributed by atoms with Gasteiger partial charge in [-0.2, -0.15) is 0 Å². The molecule has 3 heteroatoms. The Balaban J connectivity index is 2.42. The van der Waals surface area contributed by atoms with Crippen LogP contribution < -0.4 is 0 Å². The van der Waals surface area contributed by atoms with Crippen molar-refractivity contribution in [2.75, 3.05) is 7.11 Å². The molecule has 0 saturated carbocycles. The Morgan fingerprint density at radius 2 is 1.67 bits per heavy atom. The van der Waals surface area contributed by atoms with Crippen molar-refractivity contribution in [1.82, 2.24) is 0 Å². The molecule has 0 aliphatic heterocycles. The van der Waals surface area contributed by atoms with Gasteiger partial charge in [0.25, 0.3) is 0 Å². The van der Waals surface area contributed by atoms with Gasteiger partial charge in [0.2, 0.25) is 0 Å². The second kappa shape index (κ2) is 7.64. The number of methoxy groups -OCH3 is 1. The summed E-state index contributed by atoms with van der Waals surface area (Å²) in [5.41, 5.74) is 2.30. The summed E-state index contributed by atoms with van der Waals surface area (Å²) in [4.78, 5) is 22.5. The molecule has 0 aromatic heterocycles. The Labute approximate surface area is 108 Å². The fourth-order valence-electron chi connectivity index (χ4n) is 1.77. The number of hydrogen-bond donors (Lipinski definition) is 0. The summed E-state index contributed by atoms with van der Waals surface area (Å²) < 4.78 is 4.50. The molecule has 0 aliphatic rings. The van der Waals surface area contributed by atoms with Gasteiger partial charge in [-0.05, 0) is 17.5 Å². The third kappa shape index (κ3) is 5.13. The van der Waals surface area contributed by atoms with Crippen molar-refractivity contribution in [1.29, 1.82) is 0 Å². The van der Waals surface area contributed by atoms with Gasteiger partial charge < -0.3 is 4.74 Å². The predicted molar refractivity (Wildman–Crippen MR) is 70.4 cm³/mol. The van der Waals surface area contributed by atoms with Crippen LogP contribution in [0.1, 0.15) is 37.3 Å². The molecule has 3 nitrogen and oxygen atoms in total. The highest BCUT2D eigenvalue weighted by molar-refractivity contribution is 5.84. The molecular weight excluding hydrogens is 228 g/mol. The van der Waals surface area contributed by atoms with Crippen LogP contribution in [-0.4, -0.2) is 18.9 Å². The van der Waals surface area contributed by atoms with Gasteiger partial charge in [0, 0.05) is 12.8 Å². The quantitative estimate of drug-likeness (QED) is 0.697. The van der Waals surface area contributed by atoms with E-state index in [1.165, 1.54) is 12.7 Å². The summed E-state index contributed by atoms with van der Waals surface area (Å²) >= 11 is 0. The van der Waals surface area contributed by atoms with E-state index in [1.54, 1.807) is 0 Å². The molecule has 0 unspecified atom stereocenters. The molecular formula is C15H20O3. The van der Waals surface area contributed by atoms with Gasteiger partial charge in [0.1, 0.15) is 5.78 Å². The molecule has 1 rings (SSSR count). The molecule has 0 aliphatic carbocycles. The van der Waals surface area contributed by atoms with Crippen LogP contribution in [-0.2, 0) is 27.2 Å². The van der Waals surface area contributed by atoms with Gasteiger partial charge in [0.15, 0.2) is 0 Å². The minimum atomic E-state index is -0.332. The van der Waals surface area contributed by atoms with Crippen molar-refractivity contribution in [3.05, 3.63) is 35.4 Å². The molecule has 0 spiro atoms. The molecule has 0 radical (unpaired) electrons. The van der Waals surface area contributed by atoms with E-state index in [-0.39, 0.29) is 24.6 Å². The van der Waals surface area contributed by atoms with Crippen LogP contribution in [0.4, 0.5) is 0 Å². The Kier molecular flexibility index (Phi) is 6.12. The highest BCUT2D eigenvalue weighted by atomic mass is 16.5. The predicted octanol–water partition coefficient (Wildman–Crippen LogP) is 2.70. The zero-order valence-corrected chi connectivity index (χ0v) is 11.1. The van der Waals surface area contributed by atoms with Crippen molar-refractivity contribution in [3.8, 4) is 0 Å². The lowest BCUT2D eigenvalue weighted by molar-refractivity contribution is -0.141. The van der Waals surface area contributed by atoms with Gasteiger partial charge in [-0.15, -0.1) is 0 Å². The second-order valence-corrected chi connectivity index (χ2v) is 4.36. The van der Waals surface area contributed by atoms with E-state index in [4.69, 9.17) is 0 Å². The minimum Gasteiger partial charge on any atom is -0.469 e. The second-order valence-electron chi connectivity index (χ2n) is 4.36. The van der Waals surface area contributed by atoms with Crippen LogP contribution in [0, 0.1) is 0 Å². The number of carbonyl (C=O) groups excluding carboxylic acids is 2. The van der Waals surface area contributed by atoms with Gasteiger partial charge >= 0.3 is 5.97 Å². The van der Waals surface area contributed by atoms with Crippen LogP contribution in [0.2, 0.25) is 0 Å². The van der Waals surface area contributed by atoms with E-state index in [2.05, 4.69) is 23.8 Å².